The van der Waals surface area contributed by atoms with Gasteiger partial charge in [-0.3, -0.25) is 14.9 Å². The topological polar surface area (TPSA) is 167 Å². The van der Waals surface area contributed by atoms with Gasteiger partial charge in [-0.15, -0.1) is 11.8 Å². The van der Waals surface area contributed by atoms with Gasteiger partial charge in [0.2, 0.25) is 5.91 Å². The molecule has 3 amide bonds. The highest BCUT2D eigenvalue weighted by Gasteiger charge is 2.50. The van der Waals surface area contributed by atoms with Gasteiger partial charge in [-0.2, -0.15) is 0 Å². The first-order valence-corrected chi connectivity index (χ1v) is 14.6. The average molecular weight is 602 g/mol. The van der Waals surface area contributed by atoms with Crippen LogP contribution in [0.5, 0.6) is 5.75 Å². The van der Waals surface area contributed by atoms with E-state index in [-0.39, 0.29) is 37.4 Å². The molecule has 2 aliphatic rings. The molecule has 0 radical (unpaired) electrons. The van der Waals surface area contributed by atoms with Crippen molar-refractivity contribution in [1.82, 2.24) is 15.1 Å². The monoisotopic (exact) mass is 601 g/mol. The molecule has 4 rings (SSSR count). The van der Waals surface area contributed by atoms with Crippen molar-refractivity contribution in [2.24, 2.45) is 5.73 Å². The molecule has 42 heavy (non-hydrogen) atoms. The Hall–Kier alpha value is -4.04. The molecule has 0 spiro atoms. The van der Waals surface area contributed by atoms with Gasteiger partial charge >= 0.3 is 12.2 Å². The number of benzene rings is 2. The van der Waals surface area contributed by atoms with E-state index in [0.717, 1.165) is 11.3 Å². The van der Waals surface area contributed by atoms with Gasteiger partial charge in [-0.1, -0.05) is 12.1 Å². The molecular formula is C28H35N5O8S. The van der Waals surface area contributed by atoms with Gasteiger partial charge in [0.1, 0.15) is 17.1 Å². The highest BCUT2D eigenvalue weighted by Crippen LogP contribution is 2.40. The number of primary amides is 1. The number of thioether (sulfide) groups is 1. The molecule has 13 nitrogen and oxygen atoms in total. The summed E-state index contributed by atoms with van der Waals surface area (Å²) in [6, 6.07) is 13.2. The lowest BCUT2D eigenvalue weighted by molar-refractivity contribution is -0.384. The molecule has 0 aliphatic carbocycles. The minimum atomic E-state index is -0.910. The minimum Gasteiger partial charge on any atom is -0.497 e. The predicted octanol–water partition coefficient (Wildman–Crippen LogP) is 2.90. The highest BCUT2D eigenvalue weighted by atomic mass is 32.2. The fourth-order valence-corrected chi connectivity index (χ4v) is 6.39. The molecule has 2 heterocycles. The fourth-order valence-electron chi connectivity index (χ4n) is 5.03. The Morgan fingerprint density at radius 1 is 1.10 bits per heavy atom. The van der Waals surface area contributed by atoms with Gasteiger partial charge in [-0.25, -0.2) is 9.59 Å². The second-order valence-electron chi connectivity index (χ2n) is 10.1. The molecule has 2 saturated heterocycles. The van der Waals surface area contributed by atoms with Gasteiger partial charge < -0.3 is 35.1 Å². The maximum Gasteiger partial charge on any atom is 0.410 e. The SMILES string of the molecule is COc1ccc(CSC2(C(=O)N3CCNCC3CCOC(N)=O)CCN(C(=O)OCc3ccc([N+](=O)[O-])cc3)C2)cc1. The third-order valence-corrected chi connectivity index (χ3v) is 8.91. The van der Waals surface area contributed by atoms with Crippen molar-refractivity contribution in [2.75, 3.05) is 46.4 Å². The van der Waals surface area contributed by atoms with E-state index in [1.54, 1.807) is 19.2 Å². The number of nitro benzene ring substituents is 1. The van der Waals surface area contributed by atoms with Gasteiger partial charge in [0.05, 0.1) is 18.6 Å². The first-order valence-electron chi connectivity index (χ1n) is 13.6. The number of methoxy groups -OCH3 is 1. The molecule has 226 valence electrons. The van der Waals surface area contributed by atoms with Crippen molar-refractivity contribution < 1.29 is 33.5 Å². The zero-order chi connectivity index (χ0) is 30.1. The number of hydrogen-bond acceptors (Lipinski definition) is 10. The highest BCUT2D eigenvalue weighted by molar-refractivity contribution is 8.00. The minimum absolute atomic E-state index is 0.0470. The van der Waals surface area contributed by atoms with Crippen LogP contribution in [0.3, 0.4) is 0 Å². The number of rotatable bonds is 11. The molecule has 2 unspecified atom stereocenters. The molecule has 0 aromatic heterocycles. The van der Waals surface area contributed by atoms with E-state index in [1.165, 1.54) is 28.8 Å². The summed E-state index contributed by atoms with van der Waals surface area (Å²) >= 11 is 1.50. The predicted molar refractivity (Wildman–Crippen MR) is 155 cm³/mol. The Labute approximate surface area is 247 Å². The van der Waals surface area contributed by atoms with Crippen LogP contribution in [0.25, 0.3) is 0 Å². The third-order valence-electron chi connectivity index (χ3n) is 7.37. The number of nitrogens with zero attached hydrogens (tertiary/aromatic N) is 3. The van der Waals surface area contributed by atoms with Gasteiger partial charge in [0, 0.05) is 63.1 Å². The van der Waals surface area contributed by atoms with Crippen LogP contribution in [0.1, 0.15) is 24.0 Å². The van der Waals surface area contributed by atoms with E-state index in [2.05, 4.69) is 5.32 Å². The quantitative estimate of drug-likeness (QED) is 0.289. The van der Waals surface area contributed by atoms with Crippen molar-refractivity contribution in [3.05, 3.63) is 69.8 Å². The molecule has 2 aliphatic heterocycles. The second-order valence-corrected chi connectivity index (χ2v) is 11.5. The fraction of sp³-hybridized carbons (Fsp3) is 0.464. The Balaban J connectivity index is 1.47. The zero-order valence-corrected chi connectivity index (χ0v) is 24.2. The number of likely N-dealkylation sites (tertiary alicyclic amines) is 1. The van der Waals surface area contributed by atoms with Gasteiger partial charge in [0.15, 0.2) is 0 Å². The lowest BCUT2D eigenvalue weighted by atomic mass is 10.0. The van der Waals surface area contributed by atoms with Gasteiger partial charge in [-0.05, 0) is 41.8 Å². The summed E-state index contributed by atoms with van der Waals surface area (Å²) in [6.07, 6.45) is -0.545. The first kappa shape index (κ1) is 30.9. The van der Waals surface area contributed by atoms with Crippen LogP contribution in [0.15, 0.2) is 48.5 Å². The summed E-state index contributed by atoms with van der Waals surface area (Å²) in [5.74, 6) is 1.21. The summed E-state index contributed by atoms with van der Waals surface area (Å²) < 4.78 is 14.8. The number of ether oxygens (including phenoxy) is 3. The Morgan fingerprint density at radius 2 is 1.81 bits per heavy atom. The number of nitrogens with one attached hydrogen (secondary N) is 1. The van der Waals surface area contributed by atoms with E-state index in [1.807, 2.05) is 29.2 Å². The number of nitrogens with two attached hydrogens (primary N) is 1. The van der Waals surface area contributed by atoms with Crippen molar-refractivity contribution >= 4 is 35.5 Å². The van der Waals surface area contributed by atoms with E-state index >= 15 is 0 Å². The molecule has 2 fully saturated rings. The van der Waals surface area contributed by atoms with Crippen LogP contribution in [0, 0.1) is 10.1 Å². The summed E-state index contributed by atoms with van der Waals surface area (Å²) in [6.45, 7) is 2.20. The Bertz CT molecular complexity index is 1260. The van der Waals surface area contributed by atoms with E-state index in [9.17, 15) is 24.5 Å². The van der Waals surface area contributed by atoms with E-state index in [4.69, 9.17) is 19.9 Å². The molecule has 2 atom stereocenters. The number of piperazine rings is 1. The first-order chi connectivity index (χ1) is 20.2. The van der Waals surface area contributed by atoms with Crippen LogP contribution >= 0.6 is 11.8 Å². The second kappa shape index (κ2) is 14.2. The lowest BCUT2D eigenvalue weighted by Gasteiger charge is -2.41. The van der Waals surface area contributed by atoms with Crippen molar-refractivity contribution in [1.29, 1.82) is 0 Å². The molecule has 0 saturated carbocycles. The van der Waals surface area contributed by atoms with Crippen LogP contribution in [0.4, 0.5) is 15.3 Å². The zero-order valence-electron chi connectivity index (χ0n) is 23.4. The standard InChI is InChI=1S/C28H35N5O8S/c1-39-24-8-4-21(5-9-24)18-42-28(25(34)32-14-12-30-16-23(32)10-15-40-26(29)35)11-13-31(19-28)27(36)41-17-20-2-6-22(7-3-20)33(37)38/h2-9,23,30H,10-19H2,1H3,(H2,29,35). The van der Waals surface area contributed by atoms with Crippen LogP contribution in [0.2, 0.25) is 0 Å². The number of amides is 3. The maximum absolute atomic E-state index is 14.3. The lowest BCUT2D eigenvalue weighted by Crippen LogP contribution is -2.59. The normalized spacial score (nSPS) is 20.2. The number of carbonyl (C=O) groups excluding carboxylic acids is 3. The summed E-state index contributed by atoms with van der Waals surface area (Å²) in [5.41, 5.74) is 6.70. The third kappa shape index (κ3) is 7.82. The molecule has 3 N–H and O–H groups in total. The molecule has 0 bridgehead atoms. The largest absolute Gasteiger partial charge is 0.497 e. The van der Waals surface area contributed by atoms with Crippen LogP contribution in [-0.2, 0) is 26.6 Å². The molecule has 14 heteroatoms. The Morgan fingerprint density at radius 3 is 2.48 bits per heavy atom. The van der Waals surface area contributed by atoms with Crippen molar-refractivity contribution in [3.8, 4) is 5.75 Å². The van der Waals surface area contributed by atoms with Crippen molar-refractivity contribution in [3.63, 3.8) is 0 Å². The number of carbonyl (C=O) groups is 3. The summed E-state index contributed by atoms with van der Waals surface area (Å²) in [7, 11) is 1.60. The van der Waals surface area contributed by atoms with E-state index in [0.29, 0.717) is 50.3 Å². The number of hydrogen-bond donors (Lipinski definition) is 2. The number of non-ortho nitro benzene ring substituents is 1. The van der Waals surface area contributed by atoms with Gasteiger partial charge in [0.25, 0.3) is 5.69 Å². The average Bonchev–Trinajstić information content (AvgIpc) is 3.45. The smallest absolute Gasteiger partial charge is 0.410 e. The van der Waals surface area contributed by atoms with Crippen molar-refractivity contribution in [2.45, 2.75) is 36.0 Å². The summed E-state index contributed by atoms with van der Waals surface area (Å²) in [5, 5.41) is 14.2. The van der Waals surface area contributed by atoms with Crippen LogP contribution < -0.4 is 15.8 Å². The van der Waals surface area contributed by atoms with E-state index < -0.39 is 21.9 Å². The molecule has 2 aromatic rings. The van der Waals surface area contributed by atoms with Crippen LogP contribution in [-0.4, -0.2) is 90.0 Å². The maximum atomic E-state index is 14.3. The summed E-state index contributed by atoms with van der Waals surface area (Å²) in [4.78, 5) is 52.2. The molecule has 2 aromatic carbocycles. The number of nitro groups is 1. The Kier molecular flexibility index (Phi) is 10.5. The molecular weight excluding hydrogens is 566 g/mol.